The van der Waals surface area contributed by atoms with Gasteiger partial charge >= 0.3 is 5.97 Å². The summed E-state index contributed by atoms with van der Waals surface area (Å²) in [5, 5.41) is 12.6. The van der Waals surface area contributed by atoms with Gasteiger partial charge in [0.25, 0.3) is 5.69 Å². The summed E-state index contributed by atoms with van der Waals surface area (Å²) in [5.74, 6) is 0.0608. The summed E-state index contributed by atoms with van der Waals surface area (Å²) in [6.07, 6.45) is 3.21. The zero-order valence-electron chi connectivity index (χ0n) is 19.1. The second kappa shape index (κ2) is 8.99. The van der Waals surface area contributed by atoms with Crippen molar-refractivity contribution in [3.63, 3.8) is 0 Å². The Bertz CT molecular complexity index is 1610. The Labute approximate surface area is 203 Å². The predicted molar refractivity (Wildman–Crippen MR) is 129 cm³/mol. The van der Waals surface area contributed by atoms with E-state index in [-0.39, 0.29) is 28.1 Å². The fourth-order valence-electron chi connectivity index (χ4n) is 4.10. The van der Waals surface area contributed by atoms with Crippen molar-refractivity contribution >= 4 is 22.6 Å². The number of nitro groups is 1. The molecule has 2 heterocycles. The number of rotatable bonds is 6. The molecule has 0 aliphatic carbocycles. The van der Waals surface area contributed by atoms with Gasteiger partial charge in [-0.1, -0.05) is 6.07 Å². The topological polar surface area (TPSA) is 120 Å². The van der Waals surface area contributed by atoms with Crippen molar-refractivity contribution in [2.45, 2.75) is 0 Å². The fourth-order valence-corrected chi connectivity index (χ4v) is 4.10. The summed E-state index contributed by atoms with van der Waals surface area (Å²) < 4.78 is 29.7. The van der Waals surface area contributed by atoms with Gasteiger partial charge in [-0.25, -0.2) is 14.2 Å². The lowest BCUT2D eigenvalue weighted by molar-refractivity contribution is -0.384. The molecule has 10 heteroatoms. The van der Waals surface area contributed by atoms with Crippen LogP contribution in [0.15, 0.2) is 71.4 Å². The van der Waals surface area contributed by atoms with E-state index >= 15 is 0 Å². The molecule has 5 aromatic rings. The van der Waals surface area contributed by atoms with Gasteiger partial charge in [0.05, 0.1) is 36.3 Å². The second-order valence-electron chi connectivity index (χ2n) is 7.78. The number of furan rings is 1. The highest BCUT2D eigenvalue weighted by Crippen LogP contribution is 2.44. The minimum atomic E-state index is -0.643. The van der Waals surface area contributed by atoms with E-state index in [0.717, 1.165) is 0 Å². The van der Waals surface area contributed by atoms with Crippen molar-refractivity contribution in [2.24, 2.45) is 0 Å². The number of aromatic amines is 1. The van der Waals surface area contributed by atoms with Crippen LogP contribution in [0.3, 0.4) is 0 Å². The normalized spacial score (nSPS) is 11.0. The van der Waals surface area contributed by atoms with Crippen LogP contribution >= 0.6 is 0 Å². The number of ether oxygens (including phenoxy) is 2. The molecule has 0 saturated heterocycles. The van der Waals surface area contributed by atoms with Gasteiger partial charge in [0.15, 0.2) is 0 Å². The summed E-state index contributed by atoms with van der Waals surface area (Å²) in [7, 11) is 2.65. The first kappa shape index (κ1) is 22.8. The quantitative estimate of drug-likeness (QED) is 0.177. The van der Waals surface area contributed by atoms with E-state index in [0.29, 0.717) is 33.7 Å². The lowest BCUT2D eigenvalue weighted by Gasteiger charge is -2.10. The lowest BCUT2D eigenvalue weighted by atomic mass is 9.97. The predicted octanol–water partition coefficient (Wildman–Crippen LogP) is 6.00. The van der Waals surface area contributed by atoms with Crippen molar-refractivity contribution in [1.29, 1.82) is 0 Å². The third-order valence-electron chi connectivity index (χ3n) is 5.76. The highest BCUT2D eigenvalue weighted by atomic mass is 19.1. The van der Waals surface area contributed by atoms with E-state index in [1.807, 2.05) is 0 Å². The number of methoxy groups -OCH3 is 2. The van der Waals surface area contributed by atoms with Gasteiger partial charge in [-0.05, 0) is 48.0 Å². The maximum absolute atomic E-state index is 13.6. The van der Waals surface area contributed by atoms with Crippen LogP contribution in [-0.2, 0) is 4.74 Å². The Morgan fingerprint density at radius 1 is 1.08 bits per heavy atom. The van der Waals surface area contributed by atoms with Crippen LogP contribution in [0.1, 0.15) is 10.4 Å². The standard InChI is InChI=1S/C26H18FN3O6/c1-34-21-8-5-15(11-19(21)26(31)35-2)17-12-18-22(13-20(17)30(32)33)36-24(14-3-6-16(27)7-4-14)23(18)25-28-9-10-29-25/h3-13H,1-2H3,(H,28,29). The van der Waals surface area contributed by atoms with Crippen molar-refractivity contribution < 1.29 is 28.0 Å². The maximum atomic E-state index is 13.6. The van der Waals surface area contributed by atoms with Gasteiger partial charge in [0.1, 0.15) is 34.3 Å². The van der Waals surface area contributed by atoms with E-state index in [2.05, 4.69) is 9.97 Å². The average molecular weight is 487 g/mol. The number of carbonyl (C=O) groups is 1. The van der Waals surface area contributed by atoms with Crippen molar-refractivity contribution in [3.05, 3.63) is 88.5 Å². The molecule has 0 saturated carbocycles. The number of hydrogen-bond donors (Lipinski definition) is 1. The van der Waals surface area contributed by atoms with Crippen molar-refractivity contribution in [3.8, 4) is 39.6 Å². The number of nitrogens with one attached hydrogen (secondary N) is 1. The first-order valence-corrected chi connectivity index (χ1v) is 10.7. The van der Waals surface area contributed by atoms with Crippen molar-refractivity contribution in [1.82, 2.24) is 9.97 Å². The summed E-state index contributed by atoms with van der Waals surface area (Å²) in [6, 6.07) is 13.3. The first-order valence-electron chi connectivity index (χ1n) is 10.7. The molecular weight excluding hydrogens is 469 g/mol. The third-order valence-corrected chi connectivity index (χ3v) is 5.76. The van der Waals surface area contributed by atoms with Gasteiger partial charge in [-0.3, -0.25) is 10.1 Å². The highest BCUT2D eigenvalue weighted by Gasteiger charge is 2.26. The Hall–Kier alpha value is -4.99. The number of esters is 1. The zero-order chi connectivity index (χ0) is 25.4. The number of fused-ring (bicyclic) bond motifs is 1. The molecule has 0 aliphatic heterocycles. The lowest BCUT2D eigenvalue weighted by Crippen LogP contribution is -2.04. The SMILES string of the molecule is COC(=O)c1cc(-c2cc3c(-c4ncc[nH]4)c(-c4ccc(F)cc4)oc3cc2[N+](=O)[O-])ccc1OC. The number of aromatic nitrogens is 2. The minimum Gasteiger partial charge on any atom is -0.496 e. The van der Waals surface area contributed by atoms with Gasteiger partial charge in [0.2, 0.25) is 0 Å². The smallest absolute Gasteiger partial charge is 0.341 e. The van der Waals surface area contributed by atoms with Crippen LogP contribution in [0.2, 0.25) is 0 Å². The van der Waals surface area contributed by atoms with E-state index in [1.54, 1.807) is 42.7 Å². The number of H-pyrrole nitrogens is 1. The molecule has 0 unspecified atom stereocenters. The zero-order valence-corrected chi connectivity index (χ0v) is 19.1. The molecule has 0 atom stereocenters. The molecule has 180 valence electrons. The van der Waals surface area contributed by atoms with Crippen LogP contribution in [0.4, 0.5) is 10.1 Å². The van der Waals surface area contributed by atoms with E-state index in [1.165, 1.54) is 38.5 Å². The van der Waals surface area contributed by atoms with Crippen LogP contribution in [0.25, 0.3) is 44.8 Å². The van der Waals surface area contributed by atoms with Crippen LogP contribution in [0, 0.1) is 15.9 Å². The number of nitrogens with zero attached hydrogens (tertiary/aromatic N) is 2. The summed E-state index contributed by atoms with van der Waals surface area (Å²) in [5.41, 5.74) is 1.92. The Kier molecular flexibility index (Phi) is 5.69. The first-order chi connectivity index (χ1) is 17.4. The molecule has 0 bridgehead atoms. The van der Waals surface area contributed by atoms with E-state index in [4.69, 9.17) is 13.9 Å². The fraction of sp³-hybridized carbons (Fsp3) is 0.0769. The summed E-state index contributed by atoms with van der Waals surface area (Å²) in [6.45, 7) is 0. The van der Waals surface area contributed by atoms with Crippen LogP contribution in [0.5, 0.6) is 5.75 Å². The van der Waals surface area contributed by atoms with Gasteiger partial charge in [0, 0.05) is 23.3 Å². The Balaban J connectivity index is 1.81. The molecule has 0 spiro atoms. The molecule has 0 amide bonds. The molecule has 0 radical (unpaired) electrons. The second-order valence-corrected chi connectivity index (χ2v) is 7.78. The van der Waals surface area contributed by atoms with Gasteiger partial charge in [-0.2, -0.15) is 0 Å². The number of carbonyl (C=O) groups excluding carboxylic acids is 1. The average Bonchev–Trinajstić information content (AvgIpc) is 3.55. The van der Waals surface area contributed by atoms with E-state index < -0.39 is 16.7 Å². The van der Waals surface area contributed by atoms with Gasteiger partial charge < -0.3 is 18.9 Å². The van der Waals surface area contributed by atoms with Crippen LogP contribution < -0.4 is 4.74 Å². The van der Waals surface area contributed by atoms with E-state index in [9.17, 15) is 19.3 Å². The summed E-state index contributed by atoms with van der Waals surface area (Å²) >= 11 is 0. The molecule has 9 nitrogen and oxygen atoms in total. The largest absolute Gasteiger partial charge is 0.496 e. The number of nitro benzene ring substituents is 1. The summed E-state index contributed by atoms with van der Waals surface area (Å²) in [4.78, 5) is 31.2. The molecule has 2 aromatic heterocycles. The molecule has 0 aliphatic rings. The molecule has 1 N–H and O–H groups in total. The number of benzene rings is 3. The minimum absolute atomic E-state index is 0.123. The molecule has 36 heavy (non-hydrogen) atoms. The Morgan fingerprint density at radius 3 is 2.47 bits per heavy atom. The van der Waals surface area contributed by atoms with Crippen molar-refractivity contribution in [2.75, 3.05) is 14.2 Å². The van der Waals surface area contributed by atoms with Crippen LogP contribution in [-0.4, -0.2) is 35.1 Å². The maximum Gasteiger partial charge on any atom is 0.341 e. The number of hydrogen-bond acceptors (Lipinski definition) is 7. The highest BCUT2D eigenvalue weighted by molar-refractivity contribution is 6.04. The third kappa shape index (κ3) is 3.84. The monoisotopic (exact) mass is 487 g/mol. The van der Waals surface area contributed by atoms with Gasteiger partial charge in [-0.15, -0.1) is 0 Å². The Morgan fingerprint density at radius 2 is 1.83 bits per heavy atom. The molecule has 0 fully saturated rings. The number of halogens is 1. The number of imidazole rings is 1. The molecular formula is C26H18FN3O6. The molecule has 5 rings (SSSR count). The molecule has 3 aromatic carbocycles.